The van der Waals surface area contributed by atoms with Gasteiger partial charge < -0.3 is 5.32 Å². The van der Waals surface area contributed by atoms with Crippen LogP contribution in [0.2, 0.25) is 0 Å². The van der Waals surface area contributed by atoms with Crippen molar-refractivity contribution in [2.24, 2.45) is 0 Å². The fourth-order valence-electron chi connectivity index (χ4n) is 0.564. The highest BCUT2D eigenvalue weighted by molar-refractivity contribution is 14.1. The van der Waals surface area contributed by atoms with Gasteiger partial charge in [-0.25, -0.2) is 0 Å². The average molecular weight is 211 g/mol. The van der Waals surface area contributed by atoms with Crippen molar-refractivity contribution in [1.29, 1.82) is 0 Å². The molecule has 7 heavy (non-hydrogen) atoms. The predicted molar refractivity (Wildman–Crippen MR) is 35.4 cm³/mol. The molecule has 1 atom stereocenters. The minimum absolute atomic E-state index is 0.195. The van der Waals surface area contributed by atoms with Crippen LogP contribution in [0.15, 0.2) is 0 Å². The van der Waals surface area contributed by atoms with Gasteiger partial charge in [0.15, 0.2) is 0 Å². The summed E-state index contributed by atoms with van der Waals surface area (Å²) in [7, 11) is 0. The molecule has 0 aromatic rings. The molecule has 0 unspecified atom stereocenters. The average Bonchev–Trinajstić information content (AvgIpc) is 1.91. The van der Waals surface area contributed by atoms with Crippen molar-refractivity contribution in [3.05, 3.63) is 0 Å². The Morgan fingerprint density at radius 3 is 2.71 bits per heavy atom. The molecule has 0 spiro atoms. The standard InChI is InChI=1S/C4H6INO/c5-3-1-2-6-4(3)7/h3H,1-2H2,(H,6,7)/t3-/m0/s1. The molecule has 1 N–H and O–H groups in total. The lowest BCUT2D eigenvalue weighted by molar-refractivity contribution is -0.118. The summed E-state index contributed by atoms with van der Waals surface area (Å²) in [6.07, 6.45) is 0.999. The van der Waals surface area contributed by atoms with Gasteiger partial charge in [0.2, 0.25) is 5.91 Å². The molecule has 0 aromatic carbocycles. The summed E-state index contributed by atoms with van der Waals surface area (Å²) in [6, 6.07) is 0. The number of nitrogens with one attached hydrogen (secondary N) is 1. The number of carbonyl (C=O) groups is 1. The Balaban J connectivity index is 2.48. The number of hydrogen-bond acceptors (Lipinski definition) is 1. The second-order valence-electron chi connectivity index (χ2n) is 1.55. The summed E-state index contributed by atoms with van der Waals surface area (Å²) >= 11 is 2.15. The molecule has 0 aromatic heterocycles. The van der Waals surface area contributed by atoms with Crippen molar-refractivity contribution in [3.63, 3.8) is 0 Å². The zero-order valence-electron chi connectivity index (χ0n) is 3.78. The molecule has 0 bridgehead atoms. The Bertz CT molecular complexity index is 93.7. The summed E-state index contributed by atoms with van der Waals surface area (Å²) in [4.78, 5) is 10.5. The van der Waals surface area contributed by atoms with Crippen LogP contribution in [0.1, 0.15) is 6.42 Å². The third-order valence-electron chi connectivity index (χ3n) is 0.982. The van der Waals surface area contributed by atoms with E-state index in [2.05, 4.69) is 27.9 Å². The number of rotatable bonds is 0. The highest BCUT2D eigenvalue weighted by atomic mass is 127. The molecular weight excluding hydrogens is 205 g/mol. The lowest BCUT2D eigenvalue weighted by Gasteiger charge is -1.88. The first-order valence-electron chi connectivity index (χ1n) is 2.22. The molecule has 1 heterocycles. The van der Waals surface area contributed by atoms with E-state index in [1.54, 1.807) is 0 Å². The lowest BCUT2D eigenvalue weighted by Crippen LogP contribution is -2.18. The summed E-state index contributed by atoms with van der Waals surface area (Å²) in [5.74, 6) is 0.195. The number of alkyl halides is 1. The molecule has 1 saturated heterocycles. The van der Waals surface area contributed by atoms with Crippen molar-refractivity contribution < 1.29 is 4.79 Å². The Hall–Kier alpha value is 0.200. The number of carbonyl (C=O) groups excluding carboxylic acids is 1. The van der Waals surface area contributed by atoms with Crippen molar-refractivity contribution in [2.45, 2.75) is 10.3 Å². The molecule has 2 nitrogen and oxygen atoms in total. The molecule has 0 aliphatic carbocycles. The van der Waals surface area contributed by atoms with Crippen LogP contribution in [0.4, 0.5) is 0 Å². The minimum Gasteiger partial charge on any atom is -0.355 e. The maximum Gasteiger partial charge on any atom is 0.233 e. The molecule has 0 saturated carbocycles. The zero-order chi connectivity index (χ0) is 5.28. The van der Waals surface area contributed by atoms with Gasteiger partial charge in [0.25, 0.3) is 0 Å². The largest absolute Gasteiger partial charge is 0.355 e. The molecule has 40 valence electrons. The van der Waals surface area contributed by atoms with Crippen LogP contribution in [0.3, 0.4) is 0 Å². The number of hydrogen-bond donors (Lipinski definition) is 1. The molecule has 1 fully saturated rings. The Kier molecular flexibility index (Phi) is 1.51. The summed E-state index contributed by atoms with van der Waals surface area (Å²) in [6.45, 7) is 0.867. The molecule has 1 rings (SSSR count). The maximum absolute atomic E-state index is 10.5. The highest BCUT2D eigenvalue weighted by Gasteiger charge is 2.19. The monoisotopic (exact) mass is 211 g/mol. The normalized spacial score (nSPS) is 30.4. The van der Waals surface area contributed by atoms with Crippen LogP contribution in [0.25, 0.3) is 0 Å². The smallest absolute Gasteiger partial charge is 0.233 e. The second-order valence-corrected chi connectivity index (χ2v) is 3.05. The van der Waals surface area contributed by atoms with Gasteiger partial charge in [0, 0.05) is 6.54 Å². The molecule has 1 amide bonds. The van der Waals surface area contributed by atoms with Gasteiger partial charge in [-0.05, 0) is 6.42 Å². The van der Waals surface area contributed by atoms with E-state index in [1.807, 2.05) is 0 Å². The van der Waals surface area contributed by atoms with Crippen LogP contribution < -0.4 is 5.32 Å². The second kappa shape index (κ2) is 1.98. The molecule has 3 heteroatoms. The van der Waals surface area contributed by atoms with Gasteiger partial charge in [0.1, 0.15) is 0 Å². The van der Waals surface area contributed by atoms with Crippen LogP contribution >= 0.6 is 22.6 Å². The Morgan fingerprint density at radius 1 is 1.86 bits per heavy atom. The number of amides is 1. The van der Waals surface area contributed by atoms with E-state index >= 15 is 0 Å². The van der Waals surface area contributed by atoms with E-state index in [1.165, 1.54) is 0 Å². The van der Waals surface area contributed by atoms with E-state index in [-0.39, 0.29) is 9.83 Å². The van der Waals surface area contributed by atoms with Gasteiger partial charge in [-0.2, -0.15) is 0 Å². The van der Waals surface area contributed by atoms with Gasteiger partial charge in [-0.3, -0.25) is 4.79 Å². The molecule has 1 aliphatic heterocycles. The predicted octanol–water partition coefficient (Wildman–Crippen LogP) is 0.310. The van der Waals surface area contributed by atoms with Crippen LogP contribution in [-0.4, -0.2) is 16.4 Å². The van der Waals surface area contributed by atoms with Crippen molar-refractivity contribution in [1.82, 2.24) is 5.32 Å². The first-order chi connectivity index (χ1) is 3.30. The molecule has 0 radical (unpaired) electrons. The van der Waals surface area contributed by atoms with E-state index in [0.29, 0.717) is 0 Å². The van der Waals surface area contributed by atoms with Crippen molar-refractivity contribution >= 4 is 28.5 Å². The van der Waals surface area contributed by atoms with Crippen molar-refractivity contribution in [3.8, 4) is 0 Å². The lowest BCUT2D eigenvalue weighted by atomic mass is 10.4. The van der Waals surface area contributed by atoms with E-state index < -0.39 is 0 Å². The zero-order valence-corrected chi connectivity index (χ0v) is 5.94. The van der Waals surface area contributed by atoms with Crippen LogP contribution in [-0.2, 0) is 4.79 Å². The van der Waals surface area contributed by atoms with Gasteiger partial charge in [0.05, 0.1) is 3.92 Å². The highest BCUT2D eigenvalue weighted by Crippen LogP contribution is 2.09. The summed E-state index contributed by atoms with van der Waals surface area (Å²) in [5.41, 5.74) is 0. The van der Waals surface area contributed by atoms with Crippen molar-refractivity contribution in [2.75, 3.05) is 6.54 Å². The first kappa shape index (κ1) is 5.34. The fraction of sp³-hybridized carbons (Fsp3) is 0.750. The van der Waals surface area contributed by atoms with Crippen LogP contribution in [0, 0.1) is 0 Å². The van der Waals surface area contributed by atoms with Gasteiger partial charge >= 0.3 is 0 Å². The third-order valence-corrected chi connectivity index (χ3v) is 2.17. The van der Waals surface area contributed by atoms with E-state index in [9.17, 15) is 4.79 Å². The topological polar surface area (TPSA) is 29.1 Å². The molecule has 1 aliphatic rings. The fourth-order valence-corrected chi connectivity index (χ4v) is 1.10. The van der Waals surface area contributed by atoms with E-state index in [0.717, 1.165) is 13.0 Å². The third kappa shape index (κ3) is 1.05. The summed E-state index contributed by atoms with van der Waals surface area (Å²) < 4.78 is 0.234. The van der Waals surface area contributed by atoms with Crippen LogP contribution in [0.5, 0.6) is 0 Å². The SMILES string of the molecule is O=C1NCC[C@@H]1I. The summed E-state index contributed by atoms with van der Waals surface area (Å²) in [5, 5.41) is 2.72. The van der Waals surface area contributed by atoms with Gasteiger partial charge in [-0.15, -0.1) is 0 Å². The Morgan fingerprint density at radius 2 is 2.57 bits per heavy atom. The Labute approximate surface area is 55.8 Å². The minimum atomic E-state index is 0.195. The number of halogens is 1. The maximum atomic E-state index is 10.5. The quantitative estimate of drug-likeness (QED) is 0.453. The van der Waals surface area contributed by atoms with E-state index in [4.69, 9.17) is 0 Å². The van der Waals surface area contributed by atoms with Gasteiger partial charge in [-0.1, -0.05) is 22.6 Å². The molecular formula is C4H6INO. The first-order valence-corrected chi connectivity index (χ1v) is 3.47.